The number of benzene rings is 3. The number of para-hydroxylation sites is 1. The zero-order chi connectivity index (χ0) is 29.1. The summed E-state index contributed by atoms with van der Waals surface area (Å²) in [6, 6.07) is 16.8. The summed E-state index contributed by atoms with van der Waals surface area (Å²) in [5.41, 5.74) is -0.0804. The Labute approximate surface area is 235 Å². The van der Waals surface area contributed by atoms with E-state index >= 15 is 0 Å². The third kappa shape index (κ3) is 4.07. The Hall–Kier alpha value is -4.62. The molecular weight excluding hydrogens is 550 g/mol. The van der Waals surface area contributed by atoms with Gasteiger partial charge < -0.3 is 4.90 Å². The Morgan fingerprint density at radius 2 is 1.68 bits per heavy atom. The topological polar surface area (TPSA) is 150 Å². The van der Waals surface area contributed by atoms with Crippen molar-refractivity contribution in [3.63, 3.8) is 0 Å². The summed E-state index contributed by atoms with van der Waals surface area (Å²) in [6.45, 7) is 1.79. The molecule has 4 amide bonds. The molecule has 3 aromatic rings. The van der Waals surface area contributed by atoms with Crippen molar-refractivity contribution >= 4 is 44.9 Å². The second-order valence-electron chi connectivity index (χ2n) is 10.3. The van der Waals surface area contributed by atoms with Crippen molar-refractivity contribution < 1.29 is 27.7 Å². The Balaban J connectivity index is 1.50. The molecule has 0 unspecified atom stereocenters. The predicted octanol–water partition coefficient (Wildman–Crippen LogP) is 2.61. The van der Waals surface area contributed by atoms with E-state index in [1.807, 2.05) is 6.92 Å². The molecule has 13 heteroatoms. The quantitative estimate of drug-likeness (QED) is 0.283. The number of nitro benzene ring substituents is 1. The zero-order valence-electron chi connectivity index (χ0n) is 21.9. The number of imide groups is 2. The summed E-state index contributed by atoms with van der Waals surface area (Å²) in [5.74, 6) is -1.69. The second kappa shape index (κ2) is 9.49. The number of nitrogens with one attached hydrogen (secondary N) is 1. The van der Waals surface area contributed by atoms with Crippen LogP contribution in [0.25, 0.3) is 0 Å². The minimum Gasteiger partial charge on any atom is -0.364 e. The number of hydrogen-bond acceptors (Lipinski definition) is 8. The number of carbonyl (C=O) groups excluding carboxylic acids is 3. The smallest absolute Gasteiger partial charge is 0.335 e. The van der Waals surface area contributed by atoms with Crippen LogP contribution in [-0.2, 0) is 26.0 Å². The number of non-ortho nitro benzene ring substituents is 1. The normalized spacial score (nSPS) is 22.8. The molecule has 41 heavy (non-hydrogen) atoms. The molecule has 0 aromatic heterocycles. The lowest BCUT2D eigenvalue weighted by molar-refractivity contribution is -0.384. The lowest BCUT2D eigenvalue weighted by Gasteiger charge is -2.54. The SMILES string of the molecule is Cc1ccc(S(=O)(=O)N2CCN3c4ccc([N+](=O)[O-])cc4C[C@]4(C(=O)NC(=O)N(c5ccccc5)C4=O)[C@H]3C2)cc1. The van der Waals surface area contributed by atoms with Gasteiger partial charge in [0.25, 0.3) is 11.6 Å². The lowest BCUT2D eigenvalue weighted by Crippen LogP contribution is -2.75. The van der Waals surface area contributed by atoms with Crippen molar-refractivity contribution in [1.82, 2.24) is 9.62 Å². The fraction of sp³-hybridized carbons (Fsp3) is 0.250. The summed E-state index contributed by atoms with van der Waals surface area (Å²) in [7, 11) is -4.00. The number of nitro groups is 1. The first kappa shape index (κ1) is 26.6. The van der Waals surface area contributed by atoms with E-state index in [9.17, 15) is 32.9 Å². The van der Waals surface area contributed by atoms with Gasteiger partial charge in [-0.1, -0.05) is 35.9 Å². The van der Waals surface area contributed by atoms with E-state index in [1.54, 1.807) is 53.4 Å². The lowest BCUT2D eigenvalue weighted by atomic mass is 9.67. The van der Waals surface area contributed by atoms with E-state index in [0.717, 1.165) is 10.5 Å². The highest BCUT2D eigenvalue weighted by Crippen LogP contribution is 2.47. The molecule has 2 saturated heterocycles. The number of rotatable bonds is 4. The van der Waals surface area contributed by atoms with Crippen LogP contribution in [0.2, 0.25) is 0 Å². The molecule has 6 rings (SSSR count). The van der Waals surface area contributed by atoms with Crippen LogP contribution in [0.15, 0.2) is 77.7 Å². The van der Waals surface area contributed by atoms with Crippen LogP contribution >= 0.6 is 0 Å². The number of barbiturate groups is 1. The van der Waals surface area contributed by atoms with Crippen LogP contribution in [0.5, 0.6) is 0 Å². The van der Waals surface area contributed by atoms with Crippen molar-refractivity contribution in [2.24, 2.45) is 5.41 Å². The average molecular weight is 576 g/mol. The van der Waals surface area contributed by atoms with E-state index in [-0.39, 0.29) is 42.3 Å². The predicted molar refractivity (Wildman–Crippen MR) is 148 cm³/mol. The fourth-order valence-corrected chi connectivity index (χ4v) is 7.42. The van der Waals surface area contributed by atoms with Gasteiger partial charge in [0.05, 0.1) is 21.5 Å². The highest BCUT2D eigenvalue weighted by molar-refractivity contribution is 7.89. The molecular formula is C28H25N5O7S. The minimum atomic E-state index is -4.00. The number of amides is 4. The van der Waals surface area contributed by atoms with Gasteiger partial charge in [-0.05, 0) is 42.8 Å². The number of nitrogens with zero attached hydrogens (tertiary/aromatic N) is 4. The number of aryl methyl sites for hydroxylation is 1. The molecule has 0 radical (unpaired) electrons. The molecule has 1 spiro atoms. The van der Waals surface area contributed by atoms with Gasteiger partial charge in [-0.25, -0.2) is 18.1 Å². The summed E-state index contributed by atoms with van der Waals surface area (Å²) >= 11 is 0. The van der Waals surface area contributed by atoms with Gasteiger partial charge in [-0.15, -0.1) is 0 Å². The maximum absolute atomic E-state index is 14.4. The third-order valence-corrected chi connectivity index (χ3v) is 9.93. The third-order valence-electron chi connectivity index (χ3n) is 8.05. The van der Waals surface area contributed by atoms with Crippen LogP contribution in [-0.4, -0.2) is 61.2 Å². The molecule has 210 valence electrons. The van der Waals surface area contributed by atoms with Crippen LogP contribution in [0, 0.1) is 22.5 Å². The first-order chi connectivity index (χ1) is 19.5. The molecule has 0 saturated carbocycles. The van der Waals surface area contributed by atoms with Crippen molar-refractivity contribution in [2.45, 2.75) is 24.3 Å². The minimum absolute atomic E-state index is 0.0519. The monoisotopic (exact) mass is 575 g/mol. The van der Waals surface area contributed by atoms with Crippen molar-refractivity contribution in [1.29, 1.82) is 0 Å². The van der Waals surface area contributed by atoms with Gasteiger partial charge in [0.1, 0.15) is 0 Å². The Kier molecular flexibility index (Phi) is 6.16. The number of sulfonamides is 1. The van der Waals surface area contributed by atoms with Gasteiger partial charge in [-0.2, -0.15) is 4.31 Å². The number of carbonyl (C=O) groups is 3. The largest absolute Gasteiger partial charge is 0.364 e. The summed E-state index contributed by atoms with van der Waals surface area (Å²) in [5, 5.41) is 13.9. The summed E-state index contributed by atoms with van der Waals surface area (Å²) in [4.78, 5) is 54.9. The number of urea groups is 1. The summed E-state index contributed by atoms with van der Waals surface area (Å²) < 4.78 is 28.6. The molecule has 0 aliphatic carbocycles. The van der Waals surface area contributed by atoms with Crippen LogP contribution in [0.1, 0.15) is 11.1 Å². The number of fused-ring (bicyclic) bond motifs is 4. The van der Waals surface area contributed by atoms with Gasteiger partial charge in [-0.3, -0.25) is 25.0 Å². The van der Waals surface area contributed by atoms with Crippen molar-refractivity contribution in [3.8, 4) is 0 Å². The van der Waals surface area contributed by atoms with E-state index in [4.69, 9.17) is 0 Å². The molecule has 3 aliphatic rings. The molecule has 1 N–H and O–H groups in total. The molecule has 3 aromatic carbocycles. The number of piperazine rings is 1. The van der Waals surface area contributed by atoms with Crippen LogP contribution in [0.3, 0.4) is 0 Å². The maximum atomic E-state index is 14.4. The summed E-state index contributed by atoms with van der Waals surface area (Å²) in [6.07, 6.45) is -0.259. The standard InChI is InChI=1S/C28H25N5O7S/c1-18-7-10-22(11-8-18)41(39,40)30-13-14-31-23-12-9-21(33(37)38)15-19(23)16-28(24(31)17-30)25(34)29-27(36)32(26(28)35)20-5-3-2-4-6-20/h2-12,15,24H,13-14,16-17H2,1H3,(H,29,34,36)/t24-,28-/m1/s1. The van der Waals surface area contributed by atoms with E-state index in [1.165, 1.54) is 28.6 Å². The van der Waals surface area contributed by atoms with Crippen molar-refractivity contribution in [3.05, 3.63) is 94.0 Å². The van der Waals surface area contributed by atoms with Gasteiger partial charge in [0, 0.05) is 43.9 Å². The second-order valence-corrected chi connectivity index (χ2v) is 12.3. The Bertz CT molecular complexity index is 1710. The molecule has 2 fully saturated rings. The molecule has 2 atom stereocenters. The molecule has 3 heterocycles. The van der Waals surface area contributed by atoms with E-state index in [0.29, 0.717) is 11.3 Å². The van der Waals surface area contributed by atoms with Gasteiger partial charge in [0.15, 0.2) is 5.41 Å². The van der Waals surface area contributed by atoms with Crippen LogP contribution < -0.4 is 15.1 Å². The maximum Gasteiger partial charge on any atom is 0.335 e. The molecule has 12 nitrogen and oxygen atoms in total. The first-order valence-corrected chi connectivity index (χ1v) is 14.3. The van der Waals surface area contributed by atoms with E-state index in [2.05, 4.69) is 5.32 Å². The first-order valence-electron chi connectivity index (χ1n) is 12.9. The van der Waals surface area contributed by atoms with Gasteiger partial charge in [0.2, 0.25) is 15.9 Å². The molecule has 3 aliphatic heterocycles. The number of anilines is 2. The van der Waals surface area contributed by atoms with Gasteiger partial charge >= 0.3 is 6.03 Å². The highest BCUT2D eigenvalue weighted by Gasteiger charge is 2.63. The molecule has 0 bridgehead atoms. The average Bonchev–Trinajstić information content (AvgIpc) is 2.96. The van der Waals surface area contributed by atoms with Crippen molar-refractivity contribution in [2.75, 3.05) is 29.4 Å². The fourth-order valence-electron chi connectivity index (χ4n) is 5.99. The van der Waals surface area contributed by atoms with Crippen LogP contribution in [0.4, 0.5) is 21.9 Å². The Morgan fingerprint density at radius 1 is 0.976 bits per heavy atom. The van der Waals surface area contributed by atoms with E-state index < -0.39 is 44.2 Å². The zero-order valence-corrected chi connectivity index (χ0v) is 22.7. The highest BCUT2D eigenvalue weighted by atomic mass is 32.2. The number of hydrogen-bond donors (Lipinski definition) is 1. The Morgan fingerprint density at radius 3 is 2.37 bits per heavy atom.